The van der Waals surface area contributed by atoms with Crippen molar-refractivity contribution in [2.24, 2.45) is 5.92 Å². The number of alkyl halides is 2. The summed E-state index contributed by atoms with van der Waals surface area (Å²) in [5, 5.41) is -4.62. The Labute approximate surface area is 154 Å². The predicted molar refractivity (Wildman–Crippen MR) is 90.9 cm³/mol. The number of ether oxygens (including phenoxy) is 1. The van der Waals surface area contributed by atoms with Crippen LogP contribution < -0.4 is 0 Å². The number of hydrogen-bond donors (Lipinski definition) is 0. The first-order chi connectivity index (χ1) is 8.95. The molecule has 0 radical (unpaired) electrons. The third kappa shape index (κ3) is 4.70. The number of allylic oxidation sites excluding steroid dienone is 3. The zero-order valence-corrected chi connectivity index (χ0v) is 16.7. The molecule has 1 unspecified atom stereocenters. The highest BCUT2D eigenvalue weighted by molar-refractivity contribution is 14.1. The van der Waals surface area contributed by atoms with E-state index in [2.05, 4.69) is 4.74 Å². The molecule has 0 aromatic heterocycles. The van der Waals surface area contributed by atoms with Crippen molar-refractivity contribution >= 4 is 83.9 Å². The molecular weight excluding hydrogens is 639 g/mol. The van der Waals surface area contributed by atoms with Gasteiger partial charge in [0.25, 0.3) is 0 Å². The number of carbonyl (C=O) groups is 1. The van der Waals surface area contributed by atoms with Crippen LogP contribution in [0.25, 0.3) is 0 Å². The Morgan fingerprint density at radius 3 is 2.50 bits per heavy atom. The highest BCUT2D eigenvalue weighted by atomic mass is 127. The first-order valence-electron chi connectivity index (χ1n) is 4.87. The van der Waals surface area contributed by atoms with Crippen LogP contribution in [0.5, 0.6) is 0 Å². The molecule has 0 amide bonds. The summed E-state index contributed by atoms with van der Waals surface area (Å²) in [7, 11) is -5.85. The van der Waals surface area contributed by atoms with Gasteiger partial charge in [-0.2, -0.15) is 8.78 Å². The fourth-order valence-electron chi connectivity index (χ4n) is 1.23. The lowest BCUT2D eigenvalue weighted by Crippen LogP contribution is -2.36. The molecule has 0 heterocycles. The van der Waals surface area contributed by atoms with Crippen LogP contribution in [-0.2, 0) is 19.6 Å². The Morgan fingerprint density at radius 2 is 2.00 bits per heavy atom. The van der Waals surface area contributed by atoms with Gasteiger partial charge in [0.15, 0.2) is 16.7 Å². The lowest BCUT2D eigenvalue weighted by molar-refractivity contribution is -0.152. The largest absolute Gasteiger partial charge is 0.743 e. The van der Waals surface area contributed by atoms with Crippen molar-refractivity contribution in [2.45, 2.75) is 11.7 Å². The number of carbonyl (C=O) groups excluding carboxylic acids is 1. The Hall–Kier alpha value is 0.910. The van der Waals surface area contributed by atoms with Gasteiger partial charge in [0.2, 0.25) is 0 Å². The highest BCUT2D eigenvalue weighted by Crippen LogP contribution is 2.39. The van der Waals surface area contributed by atoms with Gasteiger partial charge < -0.3 is 9.29 Å². The maximum atomic E-state index is 12.9. The van der Waals surface area contributed by atoms with E-state index in [1.54, 1.807) is 0 Å². The van der Waals surface area contributed by atoms with Gasteiger partial charge >= 0.3 is 11.2 Å². The average molecular weight is 645 g/mol. The predicted octanol–water partition coefficient (Wildman–Crippen LogP) is 3.09. The standard InChI is InChI=1S/C9H7F2I3O5S/c10-9(11,20(16,17)18)3-19-8(15)5-1-4(12)2-6(13)7(5)14/h2,5H,1,3H2,(H,16,17,18)/p-1. The molecule has 0 fully saturated rings. The molecule has 0 aliphatic heterocycles. The molecule has 1 atom stereocenters. The van der Waals surface area contributed by atoms with E-state index >= 15 is 0 Å². The topological polar surface area (TPSA) is 83.5 Å². The van der Waals surface area contributed by atoms with E-state index in [0.29, 0.717) is 10.0 Å². The molecule has 0 saturated carbocycles. The number of esters is 1. The first kappa shape index (κ1) is 19.0. The fourth-order valence-corrected chi connectivity index (χ4v) is 4.16. The monoisotopic (exact) mass is 645 g/mol. The van der Waals surface area contributed by atoms with Gasteiger partial charge in [-0.15, -0.1) is 0 Å². The second-order valence-corrected chi connectivity index (χ2v) is 8.96. The van der Waals surface area contributed by atoms with Crippen LogP contribution in [0.15, 0.2) is 16.8 Å². The first-order valence-corrected chi connectivity index (χ1v) is 9.51. The van der Waals surface area contributed by atoms with E-state index in [1.165, 1.54) is 0 Å². The molecule has 11 heteroatoms. The molecule has 1 aliphatic rings. The van der Waals surface area contributed by atoms with Gasteiger partial charge in [-0.3, -0.25) is 4.79 Å². The number of hydrogen-bond acceptors (Lipinski definition) is 5. The smallest absolute Gasteiger partial charge is 0.367 e. The van der Waals surface area contributed by atoms with Gasteiger partial charge in [-0.1, -0.05) is 0 Å². The Bertz CT molecular complexity index is 584. The molecule has 0 N–H and O–H groups in total. The summed E-state index contributed by atoms with van der Waals surface area (Å²) in [6, 6.07) is 0. The van der Waals surface area contributed by atoms with Crippen molar-refractivity contribution in [3.05, 3.63) is 16.8 Å². The summed E-state index contributed by atoms with van der Waals surface area (Å²) in [5.41, 5.74) is 0. The molecule has 5 nitrogen and oxygen atoms in total. The summed E-state index contributed by atoms with van der Waals surface area (Å²) in [5.74, 6) is -1.74. The van der Waals surface area contributed by atoms with E-state index in [9.17, 15) is 26.5 Å². The van der Waals surface area contributed by atoms with Gasteiger partial charge in [0, 0.05) is 7.16 Å². The van der Waals surface area contributed by atoms with E-state index in [-0.39, 0.29) is 0 Å². The molecule has 1 rings (SSSR count). The minimum Gasteiger partial charge on any atom is -0.743 e. The molecule has 0 saturated heterocycles. The maximum Gasteiger partial charge on any atom is 0.367 e. The van der Waals surface area contributed by atoms with E-state index < -0.39 is 33.9 Å². The maximum absolute atomic E-state index is 12.9. The molecule has 0 aromatic carbocycles. The van der Waals surface area contributed by atoms with Crippen LogP contribution in [-0.4, -0.2) is 30.8 Å². The fraction of sp³-hybridized carbons (Fsp3) is 0.444. The van der Waals surface area contributed by atoms with Gasteiger partial charge in [-0.05, 0) is 83.8 Å². The molecule has 1 aliphatic carbocycles. The molecule has 0 aromatic rings. The second-order valence-electron chi connectivity index (χ2n) is 3.74. The van der Waals surface area contributed by atoms with Crippen molar-refractivity contribution in [2.75, 3.05) is 6.61 Å². The van der Waals surface area contributed by atoms with Crippen molar-refractivity contribution in [1.29, 1.82) is 0 Å². The van der Waals surface area contributed by atoms with Gasteiger partial charge in [0.1, 0.15) is 0 Å². The molecule has 20 heavy (non-hydrogen) atoms. The van der Waals surface area contributed by atoms with Crippen molar-refractivity contribution in [3.8, 4) is 0 Å². The minimum atomic E-state index is -5.85. The normalized spacial score (nSPS) is 20.7. The summed E-state index contributed by atoms with van der Waals surface area (Å²) >= 11 is 5.90. The third-order valence-corrected chi connectivity index (χ3v) is 7.11. The van der Waals surface area contributed by atoms with Crippen molar-refractivity contribution in [3.63, 3.8) is 0 Å². The van der Waals surface area contributed by atoms with Crippen LogP contribution in [0.1, 0.15) is 6.42 Å². The summed E-state index contributed by atoms with van der Waals surface area (Å²) in [6.07, 6.45) is 2.13. The SMILES string of the molecule is O=C(OCC(F)(F)S(=O)(=O)[O-])C1CC(I)=CC(I)=C1I. The van der Waals surface area contributed by atoms with E-state index in [0.717, 1.165) is 7.16 Å². The zero-order chi connectivity index (χ0) is 15.7. The van der Waals surface area contributed by atoms with E-state index in [4.69, 9.17) is 0 Å². The van der Waals surface area contributed by atoms with Gasteiger partial charge in [-0.25, -0.2) is 8.42 Å². The summed E-state index contributed by atoms with van der Waals surface area (Å²) < 4.78 is 63.2. The van der Waals surface area contributed by atoms with Crippen LogP contribution in [0.3, 0.4) is 0 Å². The molecule has 0 spiro atoms. The highest BCUT2D eigenvalue weighted by Gasteiger charge is 2.40. The number of rotatable bonds is 4. The Kier molecular flexibility index (Phi) is 6.63. The van der Waals surface area contributed by atoms with Crippen molar-refractivity contribution < 1.29 is 31.3 Å². The van der Waals surface area contributed by atoms with Gasteiger partial charge in [0.05, 0.1) is 5.92 Å². The minimum absolute atomic E-state index is 0.292. The van der Waals surface area contributed by atoms with Crippen molar-refractivity contribution in [1.82, 2.24) is 0 Å². The average Bonchev–Trinajstić information content (AvgIpc) is 2.29. The Morgan fingerprint density at radius 1 is 1.45 bits per heavy atom. The quantitative estimate of drug-likeness (QED) is 0.267. The van der Waals surface area contributed by atoms with Crippen LogP contribution in [0.2, 0.25) is 0 Å². The second kappa shape index (κ2) is 6.99. The number of halogens is 5. The Balaban J connectivity index is 2.77. The molecular formula is C9H6F2I3O5S-. The lowest BCUT2D eigenvalue weighted by atomic mass is 10.0. The summed E-state index contributed by atoms with van der Waals surface area (Å²) in [4.78, 5) is 11.7. The van der Waals surface area contributed by atoms with Crippen LogP contribution >= 0.6 is 67.8 Å². The van der Waals surface area contributed by atoms with Crippen LogP contribution in [0.4, 0.5) is 8.78 Å². The molecule has 114 valence electrons. The zero-order valence-electron chi connectivity index (χ0n) is 9.41. The van der Waals surface area contributed by atoms with E-state index in [1.807, 2.05) is 73.8 Å². The molecule has 0 bridgehead atoms. The van der Waals surface area contributed by atoms with Crippen LogP contribution in [0, 0.1) is 5.92 Å². The lowest BCUT2D eigenvalue weighted by Gasteiger charge is -2.23. The third-order valence-electron chi connectivity index (χ3n) is 2.25. The summed E-state index contributed by atoms with van der Waals surface area (Å²) in [6.45, 7) is -1.77.